The number of methoxy groups -OCH3 is 1. The number of hydrazone groups is 1. The number of allylic oxidation sites excluding steroid dienone is 1. The molecule has 10 heteroatoms. The fraction of sp³-hybridized carbons (Fsp3) is 0.368. The van der Waals surface area contributed by atoms with Crippen molar-refractivity contribution in [3.05, 3.63) is 40.9 Å². The number of hydrogen-bond acceptors (Lipinski definition) is 7. The highest BCUT2D eigenvalue weighted by Crippen LogP contribution is 2.23. The van der Waals surface area contributed by atoms with Gasteiger partial charge in [-0.2, -0.15) is 5.10 Å². The maximum absolute atomic E-state index is 12.4. The molecule has 0 spiro atoms. The highest BCUT2D eigenvalue weighted by molar-refractivity contribution is 6.29. The van der Waals surface area contributed by atoms with Crippen molar-refractivity contribution in [2.24, 2.45) is 10.1 Å². The first-order valence-electron chi connectivity index (χ1n) is 9.01. The molecule has 2 heterocycles. The van der Waals surface area contributed by atoms with Crippen molar-refractivity contribution in [2.45, 2.75) is 26.1 Å². The van der Waals surface area contributed by atoms with E-state index in [1.54, 1.807) is 32.1 Å². The first kappa shape index (κ1) is 20.7. The predicted molar refractivity (Wildman–Crippen MR) is 111 cm³/mol. The molecule has 29 heavy (non-hydrogen) atoms. The van der Waals surface area contributed by atoms with Crippen molar-refractivity contribution in [2.75, 3.05) is 20.7 Å². The van der Waals surface area contributed by atoms with Crippen LogP contribution in [0.1, 0.15) is 19.4 Å². The molecule has 1 aromatic carbocycles. The Balaban J connectivity index is 1.84. The molecule has 9 nitrogen and oxygen atoms in total. The van der Waals surface area contributed by atoms with Crippen LogP contribution in [-0.4, -0.2) is 66.3 Å². The van der Waals surface area contributed by atoms with Crippen molar-refractivity contribution in [3.63, 3.8) is 0 Å². The molecule has 0 saturated carbocycles. The average Bonchev–Trinajstić information content (AvgIpc) is 3.08. The Morgan fingerprint density at radius 1 is 1.34 bits per heavy atom. The van der Waals surface area contributed by atoms with Crippen molar-refractivity contribution in [1.82, 2.24) is 20.5 Å². The summed E-state index contributed by atoms with van der Waals surface area (Å²) in [5.74, 6) is 0.737. The minimum absolute atomic E-state index is 0.342. The molecule has 154 valence electrons. The number of ether oxygens (including phenoxy) is 1. The minimum atomic E-state index is -0.663. The summed E-state index contributed by atoms with van der Waals surface area (Å²) in [7, 11) is 3.21. The lowest BCUT2D eigenvalue weighted by atomic mass is 10.1. The number of amides is 3. The van der Waals surface area contributed by atoms with Gasteiger partial charge in [-0.15, -0.1) is 0 Å². The smallest absolute Gasteiger partial charge is 0.325 e. The van der Waals surface area contributed by atoms with Gasteiger partial charge in [0, 0.05) is 18.6 Å². The number of nitrogens with one attached hydrogen (secondary N) is 2. The maximum Gasteiger partial charge on any atom is 0.325 e. The summed E-state index contributed by atoms with van der Waals surface area (Å²) in [5, 5.41) is 7.33. The highest BCUT2D eigenvalue weighted by atomic mass is 35.5. The van der Waals surface area contributed by atoms with Crippen molar-refractivity contribution in [1.29, 1.82) is 0 Å². The maximum atomic E-state index is 12.4. The number of urea groups is 1. The van der Waals surface area contributed by atoms with Gasteiger partial charge >= 0.3 is 6.03 Å². The number of halogens is 1. The molecule has 3 rings (SSSR count). The molecule has 1 aromatic rings. The monoisotopic (exact) mass is 418 g/mol. The third kappa shape index (κ3) is 4.34. The van der Waals surface area contributed by atoms with Gasteiger partial charge in [-0.25, -0.2) is 15.2 Å². The lowest BCUT2D eigenvalue weighted by Crippen LogP contribution is -2.64. The fourth-order valence-electron chi connectivity index (χ4n) is 3.07. The van der Waals surface area contributed by atoms with Crippen LogP contribution in [0.2, 0.25) is 0 Å². The van der Waals surface area contributed by atoms with Crippen LogP contribution in [0, 0.1) is 0 Å². The van der Waals surface area contributed by atoms with Gasteiger partial charge in [-0.3, -0.25) is 10.1 Å². The van der Waals surface area contributed by atoms with E-state index in [2.05, 4.69) is 20.8 Å². The van der Waals surface area contributed by atoms with Crippen molar-refractivity contribution < 1.29 is 14.3 Å². The largest absolute Gasteiger partial charge is 0.497 e. The first-order valence-corrected chi connectivity index (χ1v) is 9.38. The summed E-state index contributed by atoms with van der Waals surface area (Å²) in [4.78, 5) is 32.0. The second-order valence-electron chi connectivity index (χ2n) is 6.70. The zero-order chi connectivity index (χ0) is 21.1. The number of aliphatic imine (C=N–C) groups is 1. The third-order valence-electron chi connectivity index (χ3n) is 4.76. The Morgan fingerprint density at radius 3 is 2.66 bits per heavy atom. The van der Waals surface area contributed by atoms with E-state index in [1.807, 2.05) is 31.2 Å². The predicted octanol–water partition coefficient (Wildman–Crippen LogP) is 1.70. The van der Waals surface area contributed by atoms with Crippen molar-refractivity contribution in [3.8, 4) is 5.75 Å². The molecule has 2 atom stereocenters. The zero-order valence-corrected chi connectivity index (χ0v) is 17.4. The quantitative estimate of drug-likeness (QED) is 0.560. The van der Waals surface area contributed by atoms with Crippen molar-refractivity contribution >= 4 is 35.2 Å². The number of rotatable bonds is 5. The number of guanidine groups is 1. The van der Waals surface area contributed by atoms with Gasteiger partial charge in [-0.05, 0) is 43.7 Å². The second-order valence-corrected chi connectivity index (χ2v) is 7.29. The summed E-state index contributed by atoms with van der Waals surface area (Å²) >= 11 is 5.97. The minimum Gasteiger partial charge on any atom is -0.497 e. The molecule has 2 unspecified atom stereocenters. The summed E-state index contributed by atoms with van der Waals surface area (Å²) in [5.41, 5.74) is 4.57. The Bertz CT molecular complexity index is 892. The Kier molecular flexibility index (Phi) is 6.07. The summed E-state index contributed by atoms with van der Waals surface area (Å²) in [6, 6.07) is 6.34. The molecular formula is C19H23ClN6O3. The van der Waals surface area contributed by atoms with E-state index in [0.717, 1.165) is 17.0 Å². The van der Waals surface area contributed by atoms with Gasteiger partial charge in [0.1, 0.15) is 5.75 Å². The number of benzene rings is 1. The van der Waals surface area contributed by atoms with Crippen LogP contribution in [0.3, 0.4) is 0 Å². The fourth-order valence-corrected chi connectivity index (χ4v) is 3.14. The molecule has 1 fully saturated rings. The topological polar surface area (TPSA) is 98.6 Å². The summed E-state index contributed by atoms with van der Waals surface area (Å²) in [6.07, 6.45) is 1.13. The van der Waals surface area contributed by atoms with E-state index in [1.165, 1.54) is 4.90 Å². The van der Waals surface area contributed by atoms with E-state index in [4.69, 9.17) is 16.3 Å². The van der Waals surface area contributed by atoms with E-state index < -0.39 is 24.1 Å². The van der Waals surface area contributed by atoms with Gasteiger partial charge in [0.25, 0.3) is 5.91 Å². The number of carbonyl (C=O) groups is 2. The number of hydrogen-bond donors (Lipinski definition) is 2. The molecule has 3 amide bonds. The van der Waals surface area contributed by atoms with Crippen LogP contribution in [0.15, 0.2) is 45.5 Å². The van der Waals surface area contributed by atoms with E-state index in [0.29, 0.717) is 17.5 Å². The SMILES string of the molecule is COc1ccc(/C(C)=N\NC2=NC3C(C(=O)NC(=O)N3C)N2C/C=C(/C)Cl)cc1. The van der Waals surface area contributed by atoms with E-state index in [-0.39, 0.29) is 0 Å². The van der Waals surface area contributed by atoms with Crippen LogP contribution in [0.25, 0.3) is 0 Å². The number of fused-ring (bicyclic) bond motifs is 1. The number of likely N-dealkylation sites (N-methyl/N-ethyl adjacent to an activating group) is 1. The summed E-state index contributed by atoms with van der Waals surface area (Å²) < 4.78 is 5.17. The molecule has 0 bridgehead atoms. The van der Waals surface area contributed by atoms with Gasteiger partial charge in [0.05, 0.1) is 12.8 Å². The molecule has 2 aliphatic rings. The van der Waals surface area contributed by atoms with Crippen LogP contribution < -0.4 is 15.5 Å². The Hall–Kier alpha value is -3.07. The third-order valence-corrected chi connectivity index (χ3v) is 4.92. The summed E-state index contributed by atoms with van der Waals surface area (Å²) in [6.45, 7) is 3.95. The molecular weight excluding hydrogens is 396 g/mol. The number of nitrogens with zero attached hydrogens (tertiary/aromatic N) is 4. The van der Waals surface area contributed by atoms with Crippen LogP contribution in [-0.2, 0) is 4.79 Å². The first-order chi connectivity index (χ1) is 13.8. The normalized spacial score (nSPS) is 22.3. The standard InChI is InChI=1S/C19H23ClN6O3/c1-11(20)9-10-26-15-16(25(3)19(28)22-17(15)27)21-18(26)24-23-12(2)13-5-7-14(29-4)8-6-13/h5-9,15-16H,10H2,1-4H3,(H,21,24)(H,22,27,28)/b11-9-,23-12-. The van der Waals surface area contributed by atoms with E-state index >= 15 is 0 Å². The lowest BCUT2D eigenvalue weighted by Gasteiger charge is -2.35. The molecule has 0 aromatic heterocycles. The van der Waals surface area contributed by atoms with Gasteiger partial charge in [-0.1, -0.05) is 17.7 Å². The average molecular weight is 419 g/mol. The lowest BCUT2D eigenvalue weighted by molar-refractivity contribution is -0.126. The number of imide groups is 1. The molecule has 2 aliphatic heterocycles. The van der Waals surface area contributed by atoms with Crippen LogP contribution in [0.4, 0.5) is 4.79 Å². The van der Waals surface area contributed by atoms with Gasteiger partial charge < -0.3 is 14.5 Å². The second kappa shape index (κ2) is 8.52. The van der Waals surface area contributed by atoms with Gasteiger partial charge in [0.15, 0.2) is 12.2 Å². The Morgan fingerprint density at radius 2 is 2.03 bits per heavy atom. The Labute approximate surface area is 174 Å². The number of carbonyl (C=O) groups excluding carboxylic acids is 2. The molecule has 0 radical (unpaired) electrons. The molecule has 1 saturated heterocycles. The zero-order valence-electron chi connectivity index (χ0n) is 16.6. The molecule has 2 N–H and O–H groups in total. The molecule has 0 aliphatic carbocycles. The van der Waals surface area contributed by atoms with Crippen LogP contribution >= 0.6 is 11.6 Å². The van der Waals surface area contributed by atoms with Gasteiger partial charge in [0.2, 0.25) is 5.96 Å². The van der Waals surface area contributed by atoms with Crippen LogP contribution in [0.5, 0.6) is 5.75 Å². The van der Waals surface area contributed by atoms with E-state index in [9.17, 15) is 9.59 Å². The highest BCUT2D eigenvalue weighted by Gasteiger charge is 2.48.